The zero-order chi connectivity index (χ0) is 13.1. The largest absolute Gasteiger partial charge is 0.480 e. The van der Waals surface area contributed by atoms with Crippen molar-refractivity contribution in [1.29, 1.82) is 0 Å². The summed E-state index contributed by atoms with van der Waals surface area (Å²) >= 11 is 0. The molecule has 1 rings (SSSR count). The first-order valence-corrected chi connectivity index (χ1v) is 6.24. The van der Waals surface area contributed by atoms with Gasteiger partial charge in [-0.2, -0.15) is 0 Å². The smallest absolute Gasteiger partial charge is 0.329 e. The van der Waals surface area contributed by atoms with E-state index in [2.05, 4.69) is 0 Å². The number of rotatable bonds is 4. The van der Waals surface area contributed by atoms with Gasteiger partial charge >= 0.3 is 5.97 Å². The number of nitrogens with zero attached hydrogens (tertiary/aromatic N) is 1. The average molecular weight is 242 g/mol. The molecule has 0 aromatic heterocycles. The average Bonchev–Trinajstić information content (AvgIpc) is 2.29. The van der Waals surface area contributed by atoms with Gasteiger partial charge in [0, 0.05) is 6.54 Å². The number of hydrogen-bond acceptors (Lipinski definition) is 3. The molecule has 5 nitrogen and oxygen atoms in total. The van der Waals surface area contributed by atoms with E-state index in [4.69, 9.17) is 5.73 Å². The number of amides is 1. The normalized spacial score (nSPS) is 26.6. The van der Waals surface area contributed by atoms with Crippen molar-refractivity contribution in [1.82, 2.24) is 4.90 Å². The van der Waals surface area contributed by atoms with Gasteiger partial charge in [0.25, 0.3) is 0 Å². The molecule has 1 saturated heterocycles. The van der Waals surface area contributed by atoms with E-state index in [0.717, 1.165) is 19.3 Å². The summed E-state index contributed by atoms with van der Waals surface area (Å²) in [5.41, 5.74) is 4.71. The Balaban J connectivity index is 2.85. The molecular formula is C12H22N2O3. The number of aliphatic carboxylic acids is 1. The fourth-order valence-corrected chi connectivity index (χ4v) is 2.33. The summed E-state index contributed by atoms with van der Waals surface area (Å²) in [4.78, 5) is 24.9. The molecule has 98 valence electrons. The van der Waals surface area contributed by atoms with E-state index < -0.39 is 17.6 Å². The highest BCUT2D eigenvalue weighted by atomic mass is 16.4. The Bertz CT molecular complexity index is 306. The molecule has 1 aliphatic heterocycles. The van der Waals surface area contributed by atoms with Crippen LogP contribution in [0.25, 0.3) is 0 Å². The van der Waals surface area contributed by atoms with Gasteiger partial charge in [-0.1, -0.05) is 13.3 Å². The van der Waals surface area contributed by atoms with Gasteiger partial charge < -0.3 is 15.7 Å². The van der Waals surface area contributed by atoms with Crippen LogP contribution in [0.5, 0.6) is 0 Å². The van der Waals surface area contributed by atoms with Crippen molar-refractivity contribution in [2.24, 2.45) is 5.73 Å². The lowest BCUT2D eigenvalue weighted by Gasteiger charge is -2.42. The first-order valence-electron chi connectivity index (χ1n) is 6.24. The summed E-state index contributed by atoms with van der Waals surface area (Å²) in [6.07, 6.45) is 3.63. The number of carbonyl (C=O) groups is 2. The van der Waals surface area contributed by atoms with Crippen molar-refractivity contribution < 1.29 is 14.7 Å². The maximum Gasteiger partial charge on any atom is 0.329 e. The summed E-state index contributed by atoms with van der Waals surface area (Å²) in [6.45, 7) is 4.07. The van der Waals surface area contributed by atoms with Crippen molar-refractivity contribution in [3.8, 4) is 0 Å². The first kappa shape index (κ1) is 14.0. The van der Waals surface area contributed by atoms with Crippen LogP contribution < -0.4 is 5.73 Å². The van der Waals surface area contributed by atoms with Crippen LogP contribution in [0.4, 0.5) is 0 Å². The Morgan fingerprint density at radius 1 is 1.47 bits per heavy atom. The van der Waals surface area contributed by atoms with Gasteiger partial charge in [0.1, 0.15) is 5.54 Å². The standard InChI is InChI=1S/C12H22N2O3/c1-3-6-9(13)10(15)14-8-5-4-7-12(14,2)11(16)17/h9H,3-8,13H2,1-2H3,(H,16,17)/t9-,12?/m0/s1. The summed E-state index contributed by atoms with van der Waals surface area (Å²) in [6, 6.07) is -0.572. The minimum atomic E-state index is -1.08. The fourth-order valence-electron chi connectivity index (χ4n) is 2.33. The molecule has 2 atom stereocenters. The van der Waals surface area contributed by atoms with Crippen molar-refractivity contribution in [2.75, 3.05) is 6.54 Å². The monoisotopic (exact) mass is 242 g/mol. The molecule has 1 aliphatic rings. The number of piperidine rings is 1. The second-order valence-corrected chi connectivity index (χ2v) is 4.92. The molecule has 0 saturated carbocycles. The van der Waals surface area contributed by atoms with Crippen molar-refractivity contribution in [2.45, 2.75) is 57.5 Å². The van der Waals surface area contributed by atoms with E-state index in [0.29, 0.717) is 19.4 Å². The predicted molar refractivity (Wildman–Crippen MR) is 64.5 cm³/mol. The lowest BCUT2D eigenvalue weighted by atomic mass is 9.87. The van der Waals surface area contributed by atoms with Gasteiger partial charge in [-0.05, 0) is 32.6 Å². The maximum atomic E-state index is 12.1. The molecule has 17 heavy (non-hydrogen) atoms. The fraction of sp³-hybridized carbons (Fsp3) is 0.833. The topological polar surface area (TPSA) is 83.6 Å². The molecule has 0 spiro atoms. The number of hydrogen-bond donors (Lipinski definition) is 2. The molecule has 1 unspecified atom stereocenters. The molecule has 5 heteroatoms. The molecule has 0 radical (unpaired) electrons. The Morgan fingerprint density at radius 2 is 2.12 bits per heavy atom. The highest BCUT2D eigenvalue weighted by Crippen LogP contribution is 2.29. The molecule has 3 N–H and O–H groups in total. The third kappa shape index (κ3) is 2.77. The highest BCUT2D eigenvalue weighted by molar-refractivity contribution is 5.89. The van der Waals surface area contributed by atoms with E-state index in [-0.39, 0.29) is 5.91 Å². The quantitative estimate of drug-likeness (QED) is 0.769. The number of likely N-dealkylation sites (tertiary alicyclic amines) is 1. The lowest BCUT2D eigenvalue weighted by molar-refractivity contribution is -0.161. The van der Waals surface area contributed by atoms with Crippen LogP contribution in [0.3, 0.4) is 0 Å². The van der Waals surface area contributed by atoms with Crippen LogP contribution in [0.2, 0.25) is 0 Å². The first-order chi connectivity index (χ1) is 7.93. The minimum Gasteiger partial charge on any atom is -0.480 e. The van der Waals surface area contributed by atoms with E-state index in [1.54, 1.807) is 6.92 Å². The van der Waals surface area contributed by atoms with Crippen molar-refractivity contribution in [3.05, 3.63) is 0 Å². The summed E-state index contributed by atoms with van der Waals surface area (Å²) in [5.74, 6) is -1.16. The summed E-state index contributed by atoms with van der Waals surface area (Å²) in [5, 5.41) is 9.29. The molecule has 1 amide bonds. The van der Waals surface area contributed by atoms with Gasteiger partial charge in [-0.25, -0.2) is 4.79 Å². The molecule has 0 aliphatic carbocycles. The third-order valence-corrected chi connectivity index (χ3v) is 3.53. The second-order valence-electron chi connectivity index (χ2n) is 4.92. The molecule has 1 heterocycles. The molecule has 0 aromatic rings. The van der Waals surface area contributed by atoms with Gasteiger partial charge in [0.05, 0.1) is 6.04 Å². The van der Waals surface area contributed by atoms with Crippen LogP contribution in [-0.2, 0) is 9.59 Å². The number of carboxylic acids is 1. The third-order valence-electron chi connectivity index (χ3n) is 3.53. The summed E-state index contributed by atoms with van der Waals surface area (Å²) < 4.78 is 0. The number of carbonyl (C=O) groups excluding carboxylic acids is 1. The van der Waals surface area contributed by atoms with Gasteiger partial charge in [-0.15, -0.1) is 0 Å². The van der Waals surface area contributed by atoms with Gasteiger partial charge in [0.2, 0.25) is 5.91 Å². The van der Waals surface area contributed by atoms with Crippen LogP contribution in [0, 0.1) is 0 Å². The van der Waals surface area contributed by atoms with Crippen molar-refractivity contribution >= 4 is 11.9 Å². The molecule has 1 fully saturated rings. The van der Waals surface area contributed by atoms with Crippen LogP contribution >= 0.6 is 0 Å². The Hall–Kier alpha value is -1.10. The Kier molecular flexibility index (Phi) is 4.51. The SMILES string of the molecule is CCC[C@H](N)C(=O)N1CCCCC1(C)C(=O)O. The predicted octanol–water partition coefficient (Wildman–Crippen LogP) is 0.970. The lowest BCUT2D eigenvalue weighted by Crippen LogP contribution is -2.60. The number of nitrogens with two attached hydrogens (primary N) is 1. The second kappa shape index (κ2) is 5.49. The van der Waals surface area contributed by atoms with Gasteiger partial charge in [-0.3, -0.25) is 4.79 Å². The minimum absolute atomic E-state index is 0.226. The zero-order valence-electron chi connectivity index (χ0n) is 10.6. The van der Waals surface area contributed by atoms with Crippen molar-refractivity contribution in [3.63, 3.8) is 0 Å². The molecular weight excluding hydrogens is 220 g/mol. The van der Waals surface area contributed by atoms with Crippen LogP contribution in [0.1, 0.15) is 46.0 Å². The van der Waals surface area contributed by atoms with E-state index in [1.807, 2.05) is 6.92 Å². The zero-order valence-corrected chi connectivity index (χ0v) is 10.6. The van der Waals surface area contributed by atoms with Crippen LogP contribution in [-0.4, -0.2) is 40.0 Å². The Morgan fingerprint density at radius 3 is 2.65 bits per heavy atom. The summed E-state index contributed by atoms with van der Waals surface area (Å²) in [7, 11) is 0. The maximum absolute atomic E-state index is 12.1. The van der Waals surface area contributed by atoms with E-state index in [1.165, 1.54) is 4.90 Å². The van der Waals surface area contributed by atoms with E-state index in [9.17, 15) is 14.7 Å². The highest BCUT2D eigenvalue weighted by Gasteiger charge is 2.44. The Labute approximate surface area is 102 Å². The molecule has 0 aromatic carbocycles. The van der Waals surface area contributed by atoms with Crippen LogP contribution in [0.15, 0.2) is 0 Å². The number of carboxylic acid groups (broad SMARTS) is 1. The van der Waals surface area contributed by atoms with E-state index >= 15 is 0 Å². The molecule has 0 bridgehead atoms. The van der Waals surface area contributed by atoms with Gasteiger partial charge in [0.15, 0.2) is 0 Å².